The zero-order chi connectivity index (χ0) is 12.4. The van der Waals surface area contributed by atoms with E-state index in [1.54, 1.807) is 0 Å². The number of nitrogens with two attached hydrogens (primary N) is 1. The monoisotopic (exact) mass is 336 g/mol. The zero-order valence-electron chi connectivity index (χ0n) is 10.4. The summed E-state index contributed by atoms with van der Waals surface area (Å²) in [6, 6.07) is 5.79. The van der Waals surface area contributed by atoms with Gasteiger partial charge in [-0.05, 0) is 59.4 Å². The minimum atomic E-state index is -0.206. The zero-order valence-corrected chi connectivity index (χ0v) is 12.8. The van der Waals surface area contributed by atoms with Crippen molar-refractivity contribution in [2.24, 2.45) is 11.7 Å². The Morgan fingerprint density at radius 2 is 2.22 bits per heavy atom. The molecule has 5 heteroatoms. The molecule has 0 aliphatic carbocycles. The van der Waals surface area contributed by atoms with Crippen LogP contribution in [-0.4, -0.2) is 24.0 Å². The highest BCUT2D eigenvalue weighted by molar-refractivity contribution is 9.10. The van der Waals surface area contributed by atoms with Gasteiger partial charge >= 0.3 is 0 Å². The van der Waals surface area contributed by atoms with Crippen molar-refractivity contribution in [1.29, 1.82) is 0 Å². The molecule has 2 unspecified atom stereocenters. The lowest BCUT2D eigenvalue weighted by Crippen LogP contribution is -2.27. The van der Waals surface area contributed by atoms with Gasteiger partial charge in [-0.2, -0.15) is 0 Å². The molecule has 0 spiro atoms. The van der Waals surface area contributed by atoms with Crippen LogP contribution in [0.5, 0.6) is 0 Å². The number of benzene rings is 1. The lowest BCUT2D eigenvalue weighted by molar-refractivity contribution is 0.256. The van der Waals surface area contributed by atoms with Crippen molar-refractivity contribution < 1.29 is 4.39 Å². The van der Waals surface area contributed by atoms with Gasteiger partial charge in [0.25, 0.3) is 0 Å². The fraction of sp³-hybridized carbons (Fsp3) is 0.538. The number of likely N-dealkylation sites (tertiary alicyclic amines) is 1. The second-order valence-corrected chi connectivity index (χ2v) is 5.72. The van der Waals surface area contributed by atoms with E-state index in [1.807, 2.05) is 12.1 Å². The first kappa shape index (κ1) is 15.9. The third-order valence-corrected chi connectivity index (χ3v) is 4.10. The molecule has 2 atom stereocenters. The van der Waals surface area contributed by atoms with Gasteiger partial charge < -0.3 is 5.73 Å². The predicted molar refractivity (Wildman–Crippen MR) is 78.4 cm³/mol. The van der Waals surface area contributed by atoms with Crippen LogP contribution in [0.15, 0.2) is 22.7 Å². The summed E-state index contributed by atoms with van der Waals surface area (Å²) in [6.07, 6.45) is 1.17. The van der Waals surface area contributed by atoms with Crippen LogP contribution in [0.4, 0.5) is 4.39 Å². The maximum absolute atomic E-state index is 13.1. The molecule has 2 nitrogen and oxygen atoms in total. The molecule has 18 heavy (non-hydrogen) atoms. The van der Waals surface area contributed by atoms with Crippen LogP contribution in [0.1, 0.15) is 18.9 Å². The van der Waals surface area contributed by atoms with Crippen molar-refractivity contribution in [2.75, 3.05) is 13.1 Å². The Morgan fingerprint density at radius 3 is 2.78 bits per heavy atom. The molecule has 1 aromatic carbocycles. The molecular formula is C13H19BrClFN2. The summed E-state index contributed by atoms with van der Waals surface area (Å²) in [4.78, 5) is 2.41. The molecule has 0 aromatic heterocycles. The van der Waals surface area contributed by atoms with Gasteiger partial charge in [0.15, 0.2) is 0 Å². The quantitative estimate of drug-likeness (QED) is 0.918. The van der Waals surface area contributed by atoms with Gasteiger partial charge in [0.1, 0.15) is 5.82 Å². The summed E-state index contributed by atoms with van der Waals surface area (Å²) in [6.45, 7) is 4.91. The molecule has 1 saturated heterocycles. The van der Waals surface area contributed by atoms with E-state index in [0.29, 0.717) is 16.4 Å². The average Bonchev–Trinajstić information content (AvgIpc) is 2.65. The van der Waals surface area contributed by atoms with E-state index in [1.165, 1.54) is 12.5 Å². The molecular weight excluding hydrogens is 319 g/mol. The summed E-state index contributed by atoms with van der Waals surface area (Å²) in [5.41, 5.74) is 6.85. The van der Waals surface area contributed by atoms with Gasteiger partial charge in [-0.1, -0.05) is 6.07 Å². The van der Waals surface area contributed by atoms with Crippen LogP contribution >= 0.6 is 28.3 Å². The summed E-state index contributed by atoms with van der Waals surface area (Å²) >= 11 is 3.22. The van der Waals surface area contributed by atoms with Crippen molar-refractivity contribution >= 4 is 28.3 Å². The van der Waals surface area contributed by atoms with Gasteiger partial charge in [-0.3, -0.25) is 4.90 Å². The Balaban J connectivity index is 0.00000162. The summed E-state index contributed by atoms with van der Waals surface area (Å²) in [5.74, 6) is 0.400. The fourth-order valence-electron chi connectivity index (χ4n) is 2.48. The fourth-order valence-corrected chi connectivity index (χ4v) is 2.91. The van der Waals surface area contributed by atoms with Gasteiger partial charge in [0.2, 0.25) is 0 Å². The highest BCUT2D eigenvalue weighted by Gasteiger charge is 2.27. The molecule has 1 heterocycles. The third-order valence-electron chi connectivity index (χ3n) is 3.49. The van der Waals surface area contributed by atoms with Crippen molar-refractivity contribution in [3.63, 3.8) is 0 Å². The van der Waals surface area contributed by atoms with E-state index in [9.17, 15) is 4.39 Å². The van der Waals surface area contributed by atoms with E-state index >= 15 is 0 Å². The molecule has 1 aromatic rings. The van der Waals surface area contributed by atoms with Crippen LogP contribution in [0.2, 0.25) is 0 Å². The molecule has 0 amide bonds. The maximum atomic E-state index is 13.1. The first-order chi connectivity index (χ1) is 8.10. The number of hydrogen-bond donors (Lipinski definition) is 1. The van der Waals surface area contributed by atoms with Gasteiger partial charge in [0, 0.05) is 19.1 Å². The van der Waals surface area contributed by atoms with E-state index in [0.717, 1.165) is 25.2 Å². The van der Waals surface area contributed by atoms with Crippen molar-refractivity contribution in [3.8, 4) is 0 Å². The smallest absolute Gasteiger partial charge is 0.137 e. The molecule has 0 bridgehead atoms. The molecule has 1 aliphatic rings. The second-order valence-electron chi connectivity index (χ2n) is 4.86. The van der Waals surface area contributed by atoms with Gasteiger partial charge in [-0.15, -0.1) is 12.4 Å². The number of rotatable bonds is 3. The largest absolute Gasteiger partial charge is 0.330 e. The highest BCUT2D eigenvalue weighted by Crippen LogP contribution is 2.25. The van der Waals surface area contributed by atoms with E-state index < -0.39 is 0 Å². The number of nitrogens with zero attached hydrogens (tertiary/aromatic N) is 1. The van der Waals surface area contributed by atoms with Gasteiger partial charge in [-0.25, -0.2) is 4.39 Å². The Hall–Kier alpha value is -0.160. The summed E-state index contributed by atoms with van der Waals surface area (Å²) < 4.78 is 13.7. The molecule has 1 aliphatic heterocycles. The number of halogens is 3. The average molecular weight is 338 g/mol. The van der Waals surface area contributed by atoms with Crippen molar-refractivity contribution in [3.05, 3.63) is 34.1 Å². The van der Waals surface area contributed by atoms with Gasteiger partial charge in [0.05, 0.1) is 4.47 Å². The summed E-state index contributed by atoms with van der Waals surface area (Å²) in [7, 11) is 0. The highest BCUT2D eigenvalue weighted by atomic mass is 79.9. The van der Waals surface area contributed by atoms with Crippen molar-refractivity contribution in [1.82, 2.24) is 4.90 Å². The SMILES string of the molecule is CC1CC(CN)CN1Cc1ccc(F)c(Br)c1.Cl. The molecule has 1 fully saturated rings. The van der Waals surface area contributed by atoms with E-state index in [4.69, 9.17) is 5.73 Å². The van der Waals surface area contributed by atoms with Crippen LogP contribution < -0.4 is 5.73 Å². The molecule has 2 rings (SSSR count). The Bertz CT molecular complexity index is 403. The van der Waals surface area contributed by atoms with Crippen LogP contribution in [0.25, 0.3) is 0 Å². The summed E-state index contributed by atoms with van der Waals surface area (Å²) in [5, 5.41) is 0. The molecule has 2 N–H and O–H groups in total. The lowest BCUT2D eigenvalue weighted by atomic mass is 10.1. The molecule has 102 valence electrons. The Morgan fingerprint density at radius 1 is 1.50 bits per heavy atom. The maximum Gasteiger partial charge on any atom is 0.137 e. The van der Waals surface area contributed by atoms with Crippen molar-refractivity contribution in [2.45, 2.75) is 25.9 Å². The topological polar surface area (TPSA) is 29.3 Å². The predicted octanol–water partition coefficient (Wildman–Crippen LogP) is 3.18. The Kier molecular flexibility index (Phi) is 6.05. The normalized spacial score (nSPS) is 24.0. The van der Waals surface area contributed by atoms with E-state index in [2.05, 4.69) is 27.8 Å². The minimum Gasteiger partial charge on any atom is -0.330 e. The lowest BCUT2D eigenvalue weighted by Gasteiger charge is -2.21. The molecule has 0 saturated carbocycles. The van der Waals surface area contributed by atoms with Crippen LogP contribution in [0.3, 0.4) is 0 Å². The standard InChI is InChI=1S/C13H18BrFN2.ClH/c1-9-4-11(6-16)8-17(9)7-10-2-3-13(15)12(14)5-10;/h2-3,5,9,11H,4,6-8,16H2,1H3;1H. The Labute approximate surface area is 122 Å². The first-order valence-corrected chi connectivity index (χ1v) is 6.77. The molecule has 0 radical (unpaired) electrons. The number of hydrogen-bond acceptors (Lipinski definition) is 2. The first-order valence-electron chi connectivity index (χ1n) is 5.98. The second kappa shape index (κ2) is 6.85. The van der Waals surface area contributed by atoms with Crippen LogP contribution in [-0.2, 0) is 6.54 Å². The van der Waals surface area contributed by atoms with Crippen LogP contribution in [0, 0.1) is 11.7 Å². The minimum absolute atomic E-state index is 0. The third kappa shape index (κ3) is 3.67. The van der Waals surface area contributed by atoms with E-state index in [-0.39, 0.29) is 18.2 Å².